The van der Waals surface area contributed by atoms with Gasteiger partial charge >= 0.3 is 0 Å². The molecule has 1 aliphatic rings. The number of rotatable bonds is 5. The normalized spacial score (nSPS) is 17.2. The molecule has 1 heterocycles. The van der Waals surface area contributed by atoms with Crippen LogP contribution in [-0.2, 0) is 9.59 Å². The molecule has 1 saturated heterocycles. The van der Waals surface area contributed by atoms with Gasteiger partial charge in [-0.05, 0) is 42.0 Å². The summed E-state index contributed by atoms with van der Waals surface area (Å²) in [6.45, 7) is 0. The number of ketones is 1. The van der Waals surface area contributed by atoms with Gasteiger partial charge in [-0.15, -0.1) is 0 Å². The first-order valence-electron chi connectivity index (χ1n) is 10.0. The van der Waals surface area contributed by atoms with E-state index in [-0.39, 0.29) is 32.7 Å². The Labute approximate surface area is 205 Å². The van der Waals surface area contributed by atoms with Crippen molar-refractivity contribution < 1.29 is 29.3 Å². The fourth-order valence-corrected chi connectivity index (χ4v) is 4.56. The number of amides is 1. The third-order valence-electron chi connectivity index (χ3n) is 5.44. The minimum absolute atomic E-state index is 0.0655. The average molecular weight is 500 g/mol. The van der Waals surface area contributed by atoms with Gasteiger partial charge in [-0.2, -0.15) is 0 Å². The maximum Gasteiger partial charge on any atom is 0.300 e. The molecule has 0 aromatic heterocycles. The predicted molar refractivity (Wildman–Crippen MR) is 129 cm³/mol. The minimum Gasteiger partial charge on any atom is -0.508 e. The summed E-state index contributed by atoms with van der Waals surface area (Å²) >= 11 is 12.5. The van der Waals surface area contributed by atoms with Gasteiger partial charge in [0.15, 0.2) is 5.75 Å². The maximum absolute atomic E-state index is 13.2. The fourth-order valence-electron chi connectivity index (χ4n) is 3.92. The van der Waals surface area contributed by atoms with Gasteiger partial charge in [0, 0.05) is 17.3 Å². The third-order valence-corrected chi connectivity index (χ3v) is 6.00. The number of carbonyl (C=O) groups excluding carboxylic acids is 2. The number of anilines is 1. The second kappa shape index (κ2) is 9.29. The molecule has 3 aromatic carbocycles. The van der Waals surface area contributed by atoms with Crippen molar-refractivity contribution in [2.24, 2.45) is 0 Å². The summed E-state index contributed by atoms with van der Waals surface area (Å²) in [6, 6.07) is 14.5. The van der Waals surface area contributed by atoms with Crippen LogP contribution in [0.2, 0.25) is 10.0 Å². The Morgan fingerprint density at radius 2 is 1.62 bits per heavy atom. The van der Waals surface area contributed by atoms with Crippen molar-refractivity contribution in [1.82, 2.24) is 0 Å². The van der Waals surface area contributed by atoms with E-state index in [1.54, 1.807) is 36.4 Å². The molecule has 7 nitrogen and oxygen atoms in total. The summed E-state index contributed by atoms with van der Waals surface area (Å²) in [5, 5.41) is 21.5. The number of aliphatic hydroxyl groups is 1. The summed E-state index contributed by atoms with van der Waals surface area (Å²) in [7, 11) is 2.88. The SMILES string of the molecule is COc1cccc(N2C(=O)C(=O)/C(=C(/O)c3cc(Cl)c(OC)c(Cl)c3)C2c2cccc(O)c2)c1. The third kappa shape index (κ3) is 4.04. The highest BCUT2D eigenvalue weighted by molar-refractivity contribution is 6.51. The van der Waals surface area contributed by atoms with E-state index < -0.39 is 23.5 Å². The standard InChI is InChI=1S/C25H19Cl2NO6/c1-33-17-8-4-6-15(12-17)28-21(13-5-3-7-16(29)9-13)20(23(31)25(28)32)22(30)14-10-18(26)24(34-2)19(27)11-14/h3-12,21,29-30H,1-2H3/b22-20+. The van der Waals surface area contributed by atoms with E-state index >= 15 is 0 Å². The molecule has 0 spiro atoms. The van der Waals surface area contributed by atoms with Gasteiger partial charge in [0.1, 0.15) is 17.3 Å². The van der Waals surface area contributed by atoms with Crippen molar-refractivity contribution in [3.8, 4) is 17.2 Å². The number of hydrogen-bond acceptors (Lipinski definition) is 6. The summed E-state index contributed by atoms with van der Waals surface area (Å²) in [5.41, 5.74) is 0.731. The molecule has 1 fully saturated rings. The van der Waals surface area contributed by atoms with E-state index in [9.17, 15) is 19.8 Å². The second-order valence-corrected chi connectivity index (χ2v) is 8.25. The topological polar surface area (TPSA) is 96.3 Å². The first kappa shape index (κ1) is 23.5. The van der Waals surface area contributed by atoms with E-state index in [4.69, 9.17) is 32.7 Å². The lowest BCUT2D eigenvalue weighted by Gasteiger charge is -2.26. The van der Waals surface area contributed by atoms with Crippen molar-refractivity contribution in [1.29, 1.82) is 0 Å². The van der Waals surface area contributed by atoms with Crippen molar-refractivity contribution in [3.63, 3.8) is 0 Å². The number of hydrogen-bond donors (Lipinski definition) is 2. The number of ether oxygens (including phenoxy) is 2. The van der Waals surface area contributed by atoms with Crippen LogP contribution in [0.1, 0.15) is 17.2 Å². The van der Waals surface area contributed by atoms with Crippen LogP contribution >= 0.6 is 23.2 Å². The lowest BCUT2D eigenvalue weighted by atomic mass is 9.95. The van der Waals surface area contributed by atoms with Crippen LogP contribution in [0, 0.1) is 0 Å². The number of aromatic hydroxyl groups is 1. The molecule has 1 unspecified atom stereocenters. The zero-order valence-electron chi connectivity index (χ0n) is 18.1. The lowest BCUT2D eigenvalue weighted by molar-refractivity contribution is -0.132. The molecule has 3 aromatic rings. The maximum atomic E-state index is 13.2. The molecule has 2 N–H and O–H groups in total. The zero-order valence-corrected chi connectivity index (χ0v) is 19.6. The molecule has 1 aliphatic heterocycles. The molecule has 4 rings (SSSR count). The van der Waals surface area contributed by atoms with Crippen molar-refractivity contribution in [2.75, 3.05) is 19.1 Å². The quantitative estimate of drug-likeness (QED) is 0.279. The number of phenolic OH excluding ortho intramolecular Hbond substituents is 1. The van der Waals surface area contributed by atoms with E-state index in [2.05, 4.69) is 0 Å². The van der Waals surface area contributed by atoms with E-state index in [0.717, 1.165) is 0 Å². The van der Waals surface area contributed by atoms with Crippen LogP contribution in [0.3, 0.4) is 0 Å². The molecule has 9 heteroatoms. The zero-order chi connectivity index (χ0) is 24.6. The smallest absolute Gasteiger partial charge is 0.300 e. The van der Waals surface area contributed by atoms with Gasteiger partial charge in [-0.25, -0.2) is 0 Å². The van der Waals surface area contributed by atoms with Crippen LogP contribution in [0.15, 0.2) is 66.2 Å². The summed E-state index contributed by atoms with van der Waals surface area (Å²) in [5.74, 6) is -1.61. The lowest BCUT2D eigenvalue weighted by Crippen LogP contribution is -2.29. The number of carbonyl (C=O) groups is 2. The Bertz CT molecular complexity index is 1310. The molecular weight excluding hydrogens is 481 g/mol. The van der Waals surface area contributed by atoms with Gasteiger partial charge < -0.3 is 19.7 Å². The number of halogens is 2. The Morgan fingerprint density at radius 1 is 0.941 bits per heavy atom. The number of nitrogens with zero attached hydrogens (tertiary/aromatic N) is 1. The van der Waals surface area contributed by atoms with Gasteiger partial charge in [-0.1, -0.05) is 41.4 Å². The molecule has 174 valence electrons. The fraction of sp³-hybridized carbons (Fsp3) is 0.120. The first-order chi connectivity index (χ1) is 16.3. The van der Waals surface area contributed by atoms with Crippen molar-refractivity contribution in [2.45, 2.75) is 6.04 Å². The van der Waals surface area contributed by atoms with Gasteiger partial charge in [-0.3, -0.25) is 14.5 Å². The highest BCUT2D eigenvalue weighted by Crippen LogP contribution is 2.44. The Balaban J connectivity index is 1.97. The molecule has 0 bridgehead atoms. The number of aliphatic hydroxyl groups excluding tert-OH is 1. The molecule has 34 heavy (non-hydrogen) atoms. The van der Waals surface area contributed by atoms with E-state index in [1.165, 1.54) is 43.4 Å². The summed E-state index contributed by atoms with van der Waals surface area (Å²) in [4.78, 5) is 27.7. The summed E-state index contributed by atoms with van der Waals surface area (Å²) in [6.07, 6.45) is 0. The van der Waals surface area contributed by atoms with Crippen LogP contribution in [-0.4, -0.2) is 36.1 Å². The molecule has 0 aliphatic carbocycles. The Hall–Kier alpha value is -3.68. The summed E-state index contributed by atoms with van der Waals surface area (Å²) < 4.78 is 10.4. The largest absolute Gasteiger partial charge is 0.508 e. The molecule has 0 saturated carbocycles. The van der Waals surface area contributed by atoms with Crippen LogP contribution in [0.4, 0.5) is 5.69 Å². The second-order valence-electron chi connectivity index (χ2n) is 7.44. The predicted octanol–water partition coefficient (Wildman–Crippen LogP) is 5.34. The Morgan fingerprint density at radius 3 is 2.24 bits per heavy atom. The Kier molecular flexibility index (Phi) is 6.41. The highest BCUT2D eigenvalue weighted by atomic mass is 35.5. The number of phenols is 1. The van der Waals surface area contributed by atoms with E-state index in [1.807, 2.05) is 0 Å². The molecular formula is C25H19Cl2NO6. The average Bonchev–Trinajstić information content (AvgIpc) is 3.09. The number of Topliss-reactive ketones (excluding diaryl/α,β-unsaturated/α-hetero) is 1. The van der Waals surface area contributed by atoms with Crippen LogP contribution < -0.4 is 14.4 Å². The van der Waals surface area contributed by atoms with Crippen molar-refractivity contribution in [3.05, 3.63) is 87.4 Å². The van der Waals surface area contributed by atoms with Crippen LogP contribution in [0.5, 0.6) is 17.2 Å². The molecule has 0 radical (unpaired) electrons. The molecule has 1 amide bonds. The van der Waals surface area contributed by atoms with Crippen LogP contribution in [0.25, 0.3) is 5.76 Å². The van der Waals surface area contributed by atoms with E-state index in [0.29, 0.717) is 17.0 Å². The number of methoxy groups -OCH3 is 2. The van der Waals surface area contributed by atoms with Gasteiger partial charge in [0.2, 0.25) is 0 Å². The minimum atomic E-state index is -1.04. The van der Waals surface area contributed by atoms with Gasteiger partial charge in [0.25, 0.3) is 11.7 Å². The highest BCUT2D eigenvalue weighted by Gasteiger charge is 2.47. The molecule has 1 atom stereocenters. The first-order valence-corrected chi connectivity index (χ1v) is 10.8. The monoisotopic (exact) mass is 499 g/mol. The number of benzene rings is 3. The van der Waals surface area contributed by atoms with Gasteiger partial charge in [0.05, 0.1) is 35.9 Å². The van der Waals surface area contributed by atoms with Crippen molar-refractivity contribution >= 4 is 46.3 Å².